The molecule has 0 aliphatic heterocycles. The van der Waals surface area contributed by atoms with E-state index in [9.17, 15) is 0 Å². The van der Waals surface area contributed by atoms with Crippen molar-refractivity contribution in [1.82, 2.24) is 0 Å². The van der Waals surface area contributed by atoms with Crippen LogP contribution in [-0.4, -0.2) is 16.1 Å². The van der Waals surface area contributed by atoms with E-state index in [1.54, 1.807) is 0 Å². The molecule has 0 aromatic carbocycles. The van der Waals surface area contributed by atoms with Gasteiger partial charge in [0.2, 0.25) is 0 Å². The fourth-order valence-electron chi connectivity index (χ4n) is 10.4. The first-order valence-electron chi connectivity index (χ1n) is 23.3. The molecule has 0 radical (unpaired) electrons. The van der Waals surface area contributed by atoms with Crippen molar-refractivity contribution in [3.8, 4) is 92.6 Å². The van der Waals surface area contributed by atoms with Crippen LogP contribution in [0.3, 0.4) is 0 Å². The van der Waals surface area contributed by atoms with Crippen LogP contribution >= 0.6 is 90.7 Å². The first kappa shape index (κ1) is 49.6. The second kappa shape index (κ2) is 20.2. The van der Waals surface area contributed by atoms with Gasteiger partial charge in [-0.3, -0.25) is 0 Å². The number of hydrogen-bond acceptors (Lipinski definition) is 8. The van der Waals surface area contributed by atoms with Crippen molar-refractivity contribution in [3.05, 3.63) is 104 Å². The Balaban J connectivity index is 1.16. The lowest BCUT2D eigenvalue weighted by atomic mass is 10.1. The molecule has 0 spiro atoms. The first-order chi connectivity index (χ1) is 31.4. The van der Waals surface area contributed by atoms with Crippen molar-refractivity contribution in [2.24, 2.45) is 0 Å². The van der Waals surface area contributed by atoms with Gasteiger partial charge in [0.1, 0.15) is 16.1 Å². The van der Waals surface area contributed by atoms with E-state index in [2.05, 4.69) is 205 Å². The molecular weight excluding hydrogens is 985 g/mol. The summed E-state index contributed by atoms with van der Waals surface area (Å²) in [5.41, 5.74) is 14.3. The molecule has 0 saturated carbocycles. The van der Waals surface area contributed by atoms with Crippen molar-refractivity contribution in [2.45, 2.75) is 130 Å². The maximum atomic E-state index is 3.96. The second-order valence-corrected chi connectivity index (χ2v) is 39.7. The molecule has 0 nitrogen and oxygen atoms in total. The predicted molar refractivity (Wildman–Crippen MR) is 313 cm³/mol. The van der Waals surface area contributed by atoms with E-state index in [4.69, 9.17) is 0 Å². The Morgan fingerprint density at radius 3 is 1.08 bits per heavy atom. The summed E-state index contributed by atoms with van der Waals surface area (Å²) in [6.07, 6.45) is 0. The lowest BCUT2D eigenvalue weighted by Gasteiger charge is -2.38. The molecule has 10 heteroatoms. The lowest BCUT2D eigenvalue weighted by molar-refractivity contribution is 0.838. The fraction of sp³-hybridized carbons (Fsp3) is 0.357. The van der Waals surface area contributed by atoms with Gasteiger partial charge in [0.25, 0.3) is 0 Å². The molecule has 0 atom stereocenters. The molecule has 0 aliphatic carbocycles. The zero-order valence-corrected chi connectivity index (χ0v) is 49.3. The maximum absolute atomic E-state index is 3.96. The summed E-state index contributed by atoms with van der Waals surface area (Å²) < 4.78 is 0. The van der Waals surface area contributed by atoms with Crippen LogP contribution in [0.4, 0.5) is 0 Å². The Morgan fingerprint density at radius 1 is 0.318 bits per heavy atom. The van der Waals surface area contributed by atoms with Crippen molar-refractivity contribution in [2.75, 3.05) is 0 Å². The molecule has 66 heavy (non-hydrogen) atoms. The molecule has 0 saturated heterocycles. The van der Waals surface area contributed by atoms with Gasteiger partial charge in [-0.15, -0.1) is 102 Å². The minimum Gasteiger partial charge on any atom is -0.140 e. The van der Waals surface area contributed by atoms with Crippen molar-refractivity contribution < 1.29 is 0 Å². The normalized spacial score (nSPS) is 12.4. The molecule has 0 N–H and O–H groups in total. The van der Waals surface area contributed by atoms with Gasteiger partial charge in [0, 0.05) is 69.7 Å². The van der Waals surface area contributed by atoms with Crippen LogP contribution in [-0.2, 0) is 0 Å². The number of aryl methyl sites for hydroxylation is 2. The highest BCUT2D eigenvalue weighted by Gasteiger charge is 2.42. The lowest BCUT2D eigenvalue weighted by Crippen LogP contribution is -2.43. The molecule has 0 amide bonds. The molecule has 0 bridgehead atoms. The van der Waals surface area contributed by atoms with E-state index in [-0.39, 0.29) is 0 Å². The molecular formula is C56H62S8Si2. The largest absolute Gasteiger partial charge is 0.146 e. The van der Waals surface area contributed by atoms with E-state index in [1.807, 2.05) is 90.7 Å². The summed E-state index contributed by atoms with van der Waals surface area (Å²) in [7, 11) is -3.62. The Morgan fingerprint density at radius 2 is 0.652 bits per heavy atom. The Hall–Kier alpha value is -2.85. The Labute approximate surface area is 429 Å². The molecule has 8 aromatic heterocycles. The fourth-order valence-corrected chi connectivity index (χ4v) is 29.5. The van der Waals surface area contributed by atoms with Gasteiger partial charge in [-0.1, -0.05) is 94.9 Å². The first-order valence-corrected chi connectivity index (χ1v) is 34.3. The molecule has 0 aliphatic rings. The quantitative estimate of drug-likeness (QED) is 0.0797. The van der Waals surface area contributed by atoms with Crippen LogP contribution in [0.1, 0.15) is 103 Å². The monoisotopic (exact) mass is 1050 g/mol. The zero-order chi connectivity index (χ0) is 47.2. The molecule has 8 aromatic rings. The highest BCUT2D eigenvalue weighted by molar-refractivity contribution is 7.30. The summed E-state index contributed by atoms with van der Waals surface area (Å²) >= 11 is 15.2. The van der Waals surface area contributed by atoms with Crippen LogP contribution in [0.5, 0.6) is 0 Å². The molecule has 8 heterocycles. The van der Waals surface area contributed by atoms with Gasteiger partial charge in [-0.25, -0.2) is 0 Å². The molecule has 0 fully saturated rings. The van der Waals surface area contributed by atoms with Crippen LogP contribution in [0.25, 0.3) is 69.7 Å². The summed E-state index contributed by atoms with van der Waals surface area (Å²) in [6, 6.07) is 32.5. The topological polar surface area (TPSA) is 0 Å². The van der Waals surface area contributed by atoms with E-state index >= 15 is 0 Å². The SMILES string of the molecule is Cc1ccc(-c2ccc(-c3cc(-c4ccc(-c5ccc(C#C[Si](C(C)C)(C(C)C)C(C)C)s5)s4)c(-c4sc(C)cc4-c4ccc(-c5ccc(C#C[Si](C(C)C)(C(C)C)C(C)C)s5)s4)s3)s2)s1. The average Bonchev–Trinajstić information content (AvgIpc) is 4.10. The van der Waals surface area contributed by atoms with Crippen molar-refractivity contribution in [1.29, 1.82) is 0 Å². The van der Waals surface area contributed by atoms with Crippen molar-refractivity contribution in [3.63, 3.8) is 0 Å². The summed E-state index contributed by atoms with van der Waals surface area (Å²) in [5.74, 6) is 7.43. The molecule has 342 valence electrons. The Kier molecular flexibility index (Phi) is 15.2. The van der Waals surface area contributed by atoms with Gasteiger partial charge in [-0.2, -0.15) is 0 Å². The third kappa shape index (κ3) is 9.69. The van der Waals surface area contributed by atoms with E-state index < -0.39 is 16.1 Å². The minimum atomic E-state index is -1.81. The highest BCUT2D eigenvalue weighted by atomic mass is 32.1. The van der Waals surface area contributed by atoms with Gasteiger partial charge in [0.15, 0.2) is 0 Å². The van der Waals surface area contributed by atoms with E-state index in [0.717, 1.165) is 0 Å². The number of rotatable bonds is 13. The Bertz CT molecular complexity index is 3030. The van der Waals surface area contributed by atoms with Gasteiger partial charge in [-0.05, 0) is 132 Å². The summed E-state index contributed by atoms with van der Waals surface area (Å²) in [5, 5.41) is 0. The molecule has 8 rings (SSSR count). The summed E-state index contributed by atoms with van der Waals surface area (Å²) in [6.45, 7) is 33.2. The van der Waals surface area contributed by atoms with E-state index in [1.165, 1.54) is 89.2 Å². The number of hydrogen-bond donors (Lipinski definition) is 0. The van der Waals surface area contributed by atoms with Crippen LogP contribution in [0, 0.1) is 36.8 Å². The predicted octanol–water partition coefficient (Wildman–Crippen LogP) is 21.6. The van der Waals surface area contributed by atoms with Crippen LogP contribution < -0.4 is 0 Å². The minimum absolute atomic E-state index is 0.620. The summed E-state index contributed by atoms with van der Waals surface area (Å²) in [4.78, 5) is 21.0. The van der Waals surface area contributed by atoms with Gasteiger partial charge >= 0.3 is 0 Å². The third-order valence-corrected chi connectivity index (χ3v) is 35.6. The average molecular weight is 1050 g/mol. The van der Waals surface area contributed by atoms with E-state index in [0.29, 0.717) is 33.2 Å². The maximum Gasteiger partial charge on any atom is 0.146 e. The number of thiophene rings is 8. The van der Waals surface area contributed by atoms with Gasteiger partial charge < -0.3 is 0 Å². The third-order valence-electron chi connectivity index (χ3n) is 13.6. The second-order valence-electron chi connectivity index (χ2n) is 19.5. The highest BCUT2D eigenvalue weighted by Crippen LogP contribution is 2.54. The zero-order valence-electron chi connectivity index (χ0n) is 40.8. The van der Waals surface area contributed by atoms with Gasteiger partial charge in [0.05, 0.1) is 19.5 Å². The van der Waals surface area contributed by atoms with Crippen molar-refractivity contribution >= 4 is 107 Å². The van der Waals surface area contributed by atoms with Crippen LogP contribution in [0.15, 0.2) is 84.9 Å². The smallest absolute Gasteiger partial charge is 0.140 e. The molecule has 0 unspecified atom stereocenters. The van der Waals surface area contributed by atoms with Crippen LogP contribution in [0.2, 0.25) is 33.2 Å². The standard InChI is InChI=1S/C56H62S8Si2/c1-33(2)65(34(3)4,35(5)6)29-27-41-16-19-48(59-41)51-23-21-45(61-51)43-31-40(14)58-55(43)56-44(32-54(64-56)53-26-25-50(63-53)47-18-15-39(13)57-47)46-22-24-52(62-46)49-20-17-42(60-49)28-30-66(36(7)8,37(9)10)38(11)12/h15-26,31-38H,1-14H3.